The van der Waals surface area contributed by atoms with Crippen molar-refractivity contribution in [3.63, 3.8) is 0 Å². The van der Waals surface area contributed by atoms with Gasteiger partial charge in [0.05, 0.1) is 5.39 Å². The molecule has 2 aromatic heterocycles. The molecule has 8 rings (SSSR count). The molecule has 0 amide bonds. The van der Waals surface area contributed by atoms with Crippen LogP contribution in [0.3, 0.4) is 0 Å². The molecule has 5 aromatic rings. The maximum absolute atomic E-state index is 2.71. The standard InChI is InChI=1S/C32H31N2/c1-30(2)16-17-32(5)28-27(22-11-6-7-14-23(22)30)33-18-19-10-8-12-20-21-13-9-15-24(31(32,3)4)26(21)34(28)29(33)25(19)20/h6-15H,16-18H2,1-5H3/q+1. The minimum absolute atomic E-state index is 0.0211. The zero-order valence-corrected chi connectivity index (χ0v) is 20.8. The van der Waals surface area contributed by atoms with Crippen LogP contribution < -0.4 is 4.57 Å². The van der Waals surface area contributed by atoms with Crippen LogP contribution in [0.5, 0.6) is 0 Å². The van der Waals surface area contributed by atoms with Gasteiger partial charge in [-0.05, 0) is 23.8 Å². The Morgan fingerprint density at radius 3 is 2.35 bits per heavy atom. The zero-order chi connectivity index (χ0) is 23.2. The van der Waals surface area contributed by atoms with Crippen molar-refractivity contribution in [2.24, 2.45) is 0 Å². The molecule has 3 aromatic carbocycles. The summed E-state index contributed by atoms with van der Waals surface area (Å²) in [5.41, 5.74) is 11.9. The molecule has 0 bridgehead atoms. The molecule has 1 aliphatic carbocycles. The number of hydrogen-bond acceptors (Lipinski definition) is 0. The number of rotatable bonds is 0. The highest BCUT2D eigenvalue weighted by Crippen LogP contribution is 2.58. The first-order valence-corrected chi connectivity index (χ1v) is 12.8. The highest BCUT2D eigenvalue weighted by Gasteiger charge is 2.57. The molecule has 1 unspecified atom stereocenters. The number of aromatic nitrogens is 2. The molecule has 34 heavy (non-hydrogen) atoms. The second kappa shape index (κ2) is 5.57. The van der Waals surface area contributed by atoms with Gasteiger partial charge in [0.25, 0.3) is 5.65 Å². The lowest BCUT2D eigenvalue weighted by Crippen LogP contribution is -2.48. The van der Waals surface area contributed by atoms with Crippen LogP contribution in [0.2, 0.25) is 0 Å². The van der Waals surface area contributed by atoms with Crippen molar-refractivity contribution < 1.29 is 4.57 Å². The van der Waals surface area contributed by atoms with E-state index >= 15 is 0 Å². The summed E-state index contributed by atoms with van der Waals surface area (Å²) in [7, 11) is 0. The Bertz CT molecular complexity index is 1750. The maximum Gasteiger partial charge on any atom is 0.296 e. The molecule has 4 heterocycles. The lowest BCUT2D eigenvalue weighted by Gasteiger charge is -2.48. The third-order valence-electron chi connectivity index (χ3n) is 10.2. The van der Waals surface area contributed by atoms with Gasteiger partial charge in [-0.15, -0.1) is 0 Å². The molecule has 168 valence electrons. The Morgan fingerprint density at radius 2 is 1.50 bits per heavy atom. The predicted molar refractivity (Wildman–Crippen MR) is 140 cm³/mol. The SMILES string of the molecule is CC1(C)CCC2(C)c3c([n+]4c5c6c(cccc6c6cccc(c6n35)C2(C)C)C4)-c2ccccc21. The lowest BCUT2D eigenvalue weighted by molar-refractivity contribution is -0.646. The molecule has 0 spiro atoms. The highest BCUT2D eigenvalue weighted by molar-refractivity contribution is 6.14. The summed E-state index contributed by atoms with van der Waals surface area (Å²) < 4.78 is 5.38. The summed E-state index contributed by atoms with van der Waals surface area (Å²) in [6, 6.07) is 23.2. The predicted octanol–water partition coefficient (Wildman–Crippen LogP) is 7.18. The van der Waals surface area contributed by atoms with E-state index in [2.05, 4.69) is 104 Å². The zero-order valence-electron chi connectivity index (χ0n) is 20.8. The number of fused-ring (bicyclic) bond motifs is 4. The summed E-state index contributed by atoms with van der Waals surface area (Å²) in [6.45, 7) is 13.4. The van der Waals surface area contributed by atoms with Crippen molar-refractivity contribution in [1.29, 1.82) is 0 Å². The molecule has 0 fully saturated rings. The smallest absolute Gasteiger partial charge is 0.218 e. The Labute approximate surface area is 200 Å². The van der Waals surface area contributed by atoms with Gasteiger partial charge < -0.3 is 0 Å². The van der Waals surface area contributed by atoms with Gasteiger partial charge in [-0.1, -0.05) is 95.3 Å². The lowest BCUT2D eigenvalue weighted by atomic mass is 9.55. The number of para-hydroxylation sites is 1. The quantitative estimate of drug-likeness (QED) is 0.174. The number of nitrogens with zero attached hydrogens (tertiary/aromatic N) is 2. The molecule has 0 saturated carbocycles. The first-order valence-electron chi connectivity index (χ1n) is 12.8. The van der Waals surface area contributed by atoms with Crippen LogP contribution >= 0.6 is 0 Å². The van der Waals surface area contributed by atoms with E-state index in [4.69, 9.17) is 0 Å². The monoisotopic (exact) mass is 443 g/mol. The highest BCUT2D eigenvalue weighted by atomic mass is 15.2. The van der Waals surface area contributed by atoms with Gasteiger partial charge in [0.15, 0.2) is 11.4 Å². The minimum Gasteiger partial charge on any atom is -0.218 e. The normalized spacial score (nSPS) is 23.1. The third kappa shape index (κ3) is 1.86. The van der Waals surface area contributed by atoms with Crippen LogP contribution in [-0.4, -0.2) is 4.40 Å². The van der Waals surface area contributed by atoms with Crippen molar-refractivity contribution in [3.05, 3.63) is 83.0 Å². The van der Waals surface area contributed by atoms with Crippen LogP contribution in [-0.2, 0) is 22.8 Å². The topological polar surface area (TPSA) is 8.29 Å². The number of imidazole rings is 1. The van der Waals surface area contributed by atoms with Crippen LogP contribution in [0.4, 0.5) is 0 Å². The average molecular weight is 444 g/mol. The molecular weight excluding hydrogens is 412 g/mol. The van der Waals surface area contributed by atoms with Gasteiger partial charge in [0, 0.05) is 38.3 Å². The maximum atomic E-state index is 2.71. The van der Waals surface area contributed by atoms with Crippen molar-refractivity contribution in [2.45, 2.75) is 70.3 Å². The van der Waals surface area contributed by atoms with Gasteiger partial charge in [0.2, 0.25) is 0 Å². The number of hydrogen-bond donors (Lipinski definition) is 0. The minimum atomic E-state index is 0.0211. The Kier molecular flexibility index (Phi) is 3.14. The van der Waals surface area contributed by atoms with Crippen molar-refractivity contribution in [3.8, 4) is 11.3 Å². The second-order valence-electron chi connectivity index (χ2n) is 12.4. The van der Waals surface area contributed by atoms with Crippen molar-refractivity contribution in [2.75, 3.05) is 0 Å². The second-order valence-corrected chi connectivity index (χ2v) is 12.4. The van der Waals surface area contributed by atoms with Crippen molar-refractivity contribution >= 4 is 27.3 Å². The fourth-order valence-electron chi connectivity index (χ4n) is 7.86. The molecule has 3 aliphatic rings. The Hall–Kier alpha value is -3.13. The number of pyridine rings is 1. The summed E-state index contributed by atoms with van der Waals surface area (Å²) in [4.78, 5) is 0. The van der Waals surface area contributed by atoms with Gasteiger partial charge in [-0.25, -0.2) is 4.57 Å². The van der Waals surface area contributed by atoms with Gasteiger partial charge in [-0.2, -0.15) is 4.40 Å². The molecule has 2 aliphatic heterocycles. The van der Waals surface area contributed by atoms with E-state index in [0.717, 1.165) is 6.54 Å². The van der Waals surface area contributed by atoms with E-state index in [9.17, 15) is 0 Å². The van der Waals surface area contributed by atoms with Crippen LogP contribution in [0.15, 0.2) is 60.7 Å². The van der Waals surface area contributed by atoms with Gasteiger partial charge in [0.1, 0.15) is 12.1 Å². The molecule has 1 atom stereocenters. The molecular formula is C32H31N2+. The summed E-state index contributed by atoms with van der Waals surface area (Å²) >= 11 is 0. The van der Waals surface area contributed by atoms with E-state index in [1.165, 1.54) is 73.8 Å². The summed E-state index contributed by atoms with van der Waals surface area (Å²) in [6.07, 6.45) is 2.36. The molecule has 0 N–H and O–H groups in total. The van der Waals surface area contributed by atoms with E-state index in [1.807, 2.05) is 0 Å². The largest absolute Gasteiger partial charge is 0.296 e. The van der Waals surface area contributed by atoms with Crippen molar-refractivity contribution in [1.82, 2.24) is 4.40 Å². The van der Waals surface area contributed by atoms with E-state index in [0.29, 0.717) is 0 Å². The van der Waals surface area contributed by atoms with E-state index < -0.39 is 0 Å². The first kappa shape index (κ1) is 19.2. The Morgan fingerprint density at radius 1 is 0.765 bits per heavy atom. The van der Waals surface area contributed by atoms with E-state index in [1.54, 1.807) is 0 Å². The summed E-state index contributed by atoms with van der Waals surface area (Å²) in [5, 5.41) is 4.27. The van der Waals surface area contributed by atoms with Crippen LogP contribution in [0, 0.1) is 0 Å². The van der Waals surface area contributed by atoms with Gasteiger partial charge >= 0.3 is 0 Å². The van der Waals surface area contributed by atoms with E-state index in [-0.39, 0.29) is 16.2 Å². The fourth-order valence-corrected chi connectivity index (χ4v) is 7.86. The van der Waals surface area contributed by atoms with Crippen LogP contribution in [0.25, 0.3) is 38.6 Å². The first-order chi connectivity index (χ1) is 16.3. The van der Waals surface area contributed by atoms with Crippen LogP contribution in [0.1, 0.15) is 69.8 Å². The Balaban J connectivity index is 1.73. The van der Waals surface area contributed by atoms with Gasteiger partial charge in [-0.3, -0.25) is 0 Å². The third-order valence-corrected chi connectivity index (χ3v) is 10.2. The number of benzene rings is 3. The molecule has 2 nitrogen and oxygen atoms in total. The summed E-state index contributed by atoms with van der Waals surface area (Å²) in [5.74, 6) is 0. The molecule has 2 heteroatoms. The molecule has 0 saturated heterocycles. The molecule has 0 radical (unpaired) electrons. The fraction of sp³-hybridized carbons (Fsp3) is 0.344. The average Bonchev–Trinajstić information content (AvgIpc) is 3.36.